The van der Waals surface area contributed by atoms with Crippen molar-refractivity contribution in [3.63, 3.8) is 0 Å². The van der Waals surface area contributed by atoms with Gasteiger partial charge < -0.3 is 19.7 Å². The number of rotatable bonds is 3. The van der Waals surface area contributed by atoms with E-state index in [9.17, 15) is 19.1 Å². The third-order valence-electron chi connectivity index (χ3n) is 4.15. The molecule has 0 radical (unpaired) electrons. The smallest absolute Gasteiger partial charge is 0.338 e. The first-order valence-electron chi connectivity index (χ1n) is 8.27. The fourth-order valence-electron chi connectivity index (χ4n) is 2.40. The Labute approximate surface area is 156 Å². The van der Waals surface area contributed by atoms with Gasteiger partial charge in [-0.05, 0) is 37.6 Å². The first-order valence-corrected chi connectivity index (χ1v) is 8.27. The maximum Gasteiger partial charge on any atom is 0.338 e. The third kappa shape index (κ3) is 5.12. The first-order chi connectivity index (χ1) is 12.7. The van der Waals surface area contributed by atoms with Crippen molar-refractivity contribution in [2.75, 3.05) is 6.61 Å². The number of aliphatic hydroxyl groups is 1. The number of hydrogen-bond donors (Lipinski definition) is 2. The molecule has 0 spiro atoms. The van der Waals surface area contributed by atoms with Crippen LogP contribution >= 0.6 is 0 Å². The normalized spacial score (nSPS) is 23.9. The minimum Gasteiger partial charge on any atom is -0.478 e. The van der Waals surface area contributed by atoms with Crippen molar-refractivity contribution in [3.05, 3.63) is 71.3 Å². The number of aryl methyl sites for hydroxylation is 1. The highest BCUT2D eigenvalue weighted by Gasteiger charge is 2.50. The summed E-state index contributed by atoms with van der Waals surface area (Å²) in [6.07, 6.45) is -2.65. The molecule has 0 bridgehead atoms. The summed E-state index contributed by atoms with van der Waals surface area (Å²) in [7, 11) is 0. The van der Waals surface area contributed by atoms with E-state index in [1.54, 1.807) is 55.5 Å². The van der Waals surface area contributed by atoms with Gasteiger partial charge in [0.05, 0.1) is 17.7 Å². The molecule has 1 aliphatic heterocycles. The minimum atomic E-state index is -2.08. The van der Waals surface area contributed by atoms with E-state index in [2.05, 4.69) is 0 Å². The van der Waals surface area contributed by atoms with Gasteiger partial charge in [-0.2, -0.15) is 0 Å². The molecule has 3 atom stereocenters. The molecule has 2 N–H and O–H groups in total. The maximum absolute atomic E-state index is 13.9. The number of carbonyl (C=O) groups excluding carboxylic acids is 1. The molecule has 0 aliphatic carbocycles. The second-order valence-electron chi connectivity index (χ2n) is 6.22. The van der Waals surface area contributed by atoms with Crippen molar-refractivity contribution in [1.82, 2.24) is 0 Å². The Bertz CT molecular complexity index is 790. The quantitative estimate of drug-likeness (QED) is 0.800. The predicted octanol–water partition coefficient (Wildman–Crippen LogP) is 2.98. The summed E-state index contributed by atoms with van der Waals surface area (Å²) in [6.45, 7) is 2.78. The number of esters is 1. The van der Waals surface area contributed by atoms with Crippen LogP contribution in [0.1, 0.15) is 33.2 Å². The van der Waals surface area contributed by atoms with E-state index in [0.29, 0.717) is 11.1 Å². The number of aromatic carboxylic acids is 1. The molecular weight excluding hydrogens is 355 g/mol. The predicted molar refractivity (Wildman–Crippen MR) is 95.3 cm³/mol. The van der Waals surface area contributed by atoms with E-state index in [1.807, 2.05) is 6.07 Å². The van der Waals surface area contributed by atoms with Crippen LogP contribution in [0.15, 0.2) is 54.6 Å². The van der Waals surface area contributed by atoms with E-state index in [1.165, 1.54) is 0 Å². The molecule has 0 amide bonds. The molecule has 1 saturated heterocycles. The number of carboxylic acids is 1. The molecule has 144 valence electrons. The van der Waals surface area contributed by atoms with Gasteiger partial charge in [0.1, 0.15) is 0 Å². The molecule has 1 fully saturated rings. The van der Waals surface area contributed by atoms with E-state index >= 15 is 0 Å². The number of ether oxygens (including phenoxy) is 2. The zero-order valence-electron chi connectivity index (χ0n) is 15.0. The Balaban J connectivity index is 0.000000223. The number of hydrogen-bond acceptors (Lipinski definition) is 5. The second-order valence-corrected chi connectivity index (χ2v) is 6.22. The number of benzene rings is 2. The lowest BCUT2D eigenvalue weighted by Gasteiger charge is -2.22. The van der Waals surface area contributed by atoms with Crippen LogP contribution < -0.4 is 0 Å². The van der Waals surface area contributed by atoms with Crippen LogP contribution in [0.25, 0.3) is 0 Å². The fraction of sp³-hybridized carbons (Fsp3) is 0.300. The summed E-state index contributed by atoms with van der Waals surface area (Å²) in [4.78, 5) is 22.1. The lowest BCUT2D eigenvalue weighted by atomic mass is 10.0. The SMILES string of the molecule is CC1(F)C(O)OCC1OC(=O)c1ccccc1.Cc1ccccc1C(=O)O. The Kier molecular flexibility index (Phi) is 6.65. The second kappa shape index (κ2) is 8.75. The summed E-state index contributed by atoms with van der Waals surface area (Å²) in [5, 5.41) is 17.8. The summed E-state index contributed by atoms with van der Waals surface area (Å²) < 4.78 is 23.6. The lowest BCUT2D eigenvalue weighted by Crippen LogP contribution is -2.42. The van der Waals surface area contributed by atoms with Crippen LogP contribution in [-0.4, -0.2) is 46.8 Å². The monoisotopic (exact) mass is 376 g/mol. The van der Waals surface area contributed by atoms with Crippen molar-refractivity contribution in [3.8, 4) is 0 Å². The van der Waals surface area contributed by atoms with Crippen LogP contribution in [-0.2, 0) is 9.47 Å². The summed E-state index contributed by atoms with van der Waals surface area (Å²) in [5.74, 6) is -1.49. The van der Waals surface area contributed by atoms with Gasteiger partial charge in [-0.3, -0.25) is 0 Å². The maximum atomic E-state index is 13.9. The molecule has 3 rings (SSSR count). The molecular formula is C20H21FO6. The molecule has 1 heterocycles. The van der Waals surface area contributed by atoms with Gasteiger partial charge in [0.15, 0.2) is 18.1 Å². The number of halogens is 1. The average molecular weight is 376 g/mol. The van der Waals surface area contributed by atoms with Gasteiger partial charge in [-0.1, -0.05) is 36.4 Å². The number of aliphatic hydroxyl groups excluding tert-OH is 1. The molecule has 0 aromatic heterocycles. The molecule has 6 nitrogen and oxygen atoms in total. The molecule has 2 aromatic rings. The van der Waals surface area contributed by atoms with Crippen LogP contribution in [0.5, 0.6) is 0 Å². The fourth-order valence-corrected chi connectivity index (χ4v) is 2.40. The Morgan fingerprint density at radius 1 is 1.15 bits per heavy atom. The average Bonchev–Trinajstić information content (AvgIpc) is 2.90. The highest BCUT2D eigenvalue weighted by Crippen LogP contribution is 2.31. The number of carboxylic acid groups (broad SMARTS) is 1. The molecule has 1 aliphatic rings. The molecule has 0 saturated carbocycles. The summed E-state index contributed by atoms with van der Waals surface area (Å²) in [6, 6.07) is 15.2. The van der Waals surface area contributed by atoms with Crippen molar-refractivity contribution in [2.45, 2.75) is 31.9 Å². The van der Waals surface area contributed by atoms with E-state index in [-0.39, 0.29) is 6.61 Å². The zero-order valence-corrected chi connectivity index (χ0v) is 15.0. The van der Waals surface area contributed by atoms with Crippen LogP contribution in [0.4, 0.5) is 4.39 Å². The van der Waals surface area contributed by atoms with Gasteiger partial charge in [0.25, 0.3) is 0 Å². The lowest BCUT2D eigenvalue weighted by molar-refractivity contribution is -0.128. The molecule has 3 unspecified atom stereocenters. The van der Waals surface area contributed by atoms with E-state index < -0.39 is 30.0 Å². The van der Waals surface area contributed by atoms with E-state index in [0.717, 1.165) is 12.5 Å². The molecule has 27 heavy (non-hydrogen) atoms. The van der Waals surface area contributed by atoms with E-state index in [4.69, 9.17) is 14.6 Å². The minimum absolute atomic E-state index is 0.146. The van der Waals surface area contributed by atoms with Crippen molar-refractivity contribution < 1.29 is 33.7 Å². The Hall–Kier alpha value is -2.77. The van der Waals surface area contributed by atoms with Gasteiger partial charge in [-0.25, -0.2) is 14.0 Å². The molecule has 2 aromatic carbocycles. The highest BCUT2D eigenvalue weighted by atomic mass is 19.1. The molecule has 7 heteroatoms. The van der Waals surface area contributed by atoms with Crippen LogP contribution in [0.2, 0.25) is 0 Å². The van der Waals surface area contributed by atoms with Crippen molar-refractivity contribution >= 4 is 11.9 Å². The summed E-state index contributed by atoms with van der Waals surface area (Å²) >= 11 is 0. The van der Waals surface area contributed by atoms with Gasteiger partial charge in [0.2, 0.25) is 0 Å². The van der Waals surface area contributed by atoms with Gasteiger partial charge in [0, 0.05) is 0 Å². The largest absolute Gasteiger partial charge is 0.478 e. The summed E-state index contributed by atoms with van der Waals surface area (Å²) in [5.41, 5.74) is -0.563. The zero-order chi connectivity index (χ0) is 20.0. The highest BCUT2D eigenvalue weighted by molar-refractivity contribution is 5.89. The number of carbonyl (C=O) groups is 2. The van der Waals surface area contributed by atoms with Crippen molar-refractivity contribution in [2.24, 2.45) is 0 Å². The topological polar surface area (TPSA) is 93.1 Å². The number of alkyl halides is 1. The first kappa shape index (κ1) is 20.5. The van der Waals surface area contributed by atoms with Crippen molar-refractivity contribution in [1.29, 1.82) is 0 Å². The Morgan fingerprint density at radius 2 is 1.74 bits per heavy atom. The van der Waals surface area contributed by atoms with Gasteiger partial charge in [-0.15, -0.1) is 0 Å². The van der Waals surface area contributed by atoms with Gasteiger partial charge >= 0.3 is 11.9 Å². The van der Waals surface area contributed by atoms with Crippen LogP contribution in [0.3, 0.4) is 0 Å². The third-order valence-corrected chi connectivity index (χ3v) is 4.15. The van der Waals surface area contributed by atoms with Crippen LogP contribution in [0, 0.1) is 6.92 Å². The standard InChI is InChI=1S/C12H13FO4.C8H8O2/c1-12(13)9(7-16-11(12)15)17-10(14)8-5-3-2-4-6-8;1-6-4-2-3-5-7(6)8(9)10/h2-6,9,11,15H,7H2,1H3;2-5H,1H3,(H,9,10). The Morgan fingerprint density at radius 3 is 2.22 bits per heavy atom.